The first-order chi connectivity index (χ1) is 15.7. The van der Waals surface area contributed by atoms with Crippen LogP contribution in [0.5, 0.6) is 11.5 Å². The number of methoxy groups -OCH3 is 2. The summed E-state index contributed by atoms with van der Waals surface area (Å²) in [6, 6.07) is -4.37. The predicted molar refractivity (Wildman–Crippen MR) is 90.1 cm³/mol. The number of ether oxygens (including phenoxy) is 2. The van der Waals surface area contributed by atoms with Crippen molar-refractivity contribution in [1.29, 1.82) is 0 Å². The summed E-state index contributed by atoms with van der Waals surface area (Å²) in [6.45, 7) is -2.62. The Kier molecular flexibility index (Phi) is 2.02. The lowest BCUT2D eigenvalue weighted by atomic mass is 9.80. The van der Waals surface area contributed by atoms with Crippen LogP contribution >= 0.6 is 0 Å². The zero-order valence-corrected chi connectivity index (χ0v) is 13.2. The van der Waals surface area contributed by atoms with Gasteiger partial charge in [-0.2, -0.15) is 0 Å². The minimum atomic E-state index is -3.28. The molecule has 0 radical (unpaired) electrons. The zero-order valence-electron chi connectivity index (χ0n) is 25.2. The molecule has 4 heteroatoms. The maximum Gasteiger partial charge on any atom is 0.161 e. The van der Waals surface area contributed by atoms with Crippen molar-refractivity contribution in [3.63, 3.8) is 0 Å². The van der Waals surface area contributed by atoms with E-state index < -0.39 is 85.3 Å². The molecule has 0 aliphatic carbocycles. The fourth-order valence-electron chi connectivity index (χ4n) is 2.73. The molecule has 1 aromatic carbocycles. The van der Waals surface area contributed by atoms with E-state index in [1.165, 1.54) is 0 Å². The quantitative estimate of drug-likeness (QED) is 0.850. The molecule has 4 nitrogen and oxygen atoms in total. The maximum absolute atomic E-state index is 13.2. The normalized spacial score (nSPS) is 42.3. The molecule has 3 rings (SSSR count). The molecule has 1 aromatic rings. The van der Waals surface area contributed by atoms with Crippen molar-refractivity contribution >= 4 is 5.78 Å². The van der Waals surface area contributed by atoms with Gasteiger partial charge in [-0.3, -0.25) is 9.69 Å². The highest BCUT2D eigenvalue weighted by Crippen LogP contribution is 2.42. The lowest BCUT2D eigenvalue weighted by molar-refractivity contribution is -0.129. The van der Waals surface area contributed by atoms with Crippen LogP contribution in [0, 0.1) is 11.8 Å². The molecule has 1 saturated heterocycles. The number of benzene rings is 1. The average Bonchev–Trinajstić information content (AvgIpc) is 2.64. The Hall–Kier alpha value is -1.55. The van der Waals surface area contributed by atoms with Crippen LogP contribution in [0.2, 0.25) is 0 Å². The van der Waals surface area contributed by atoms with Gasteiger partial charge in [0.1, 0.15) is 5.78 Å². The van der Waals surface area contributed by atoms with Crippen molar-refractivity contribution in [3.8, 4) is 11.5 Å². The minimum absolute atomic E-state index is 0.0243. The van der Waals surface area contributed by atoms with Crippen molar-refractivity contribution in [2.75, 3.05) is 27.1 Å². The van der Waals surface area contributed by atoms with E-state index in [0.29, 0.717) is 4.90 Å². The molecule has 2 aliphatic heterocycles. The first-order valence-corrected chi connectivity index (χ1v) is 7.40. The second-order valence-electron chi connectivity index (χ2n) is 5.94. The van der Waals surface area contributed by atoms with E-state index >= 15 is 0 Å². The minimum Gasteiger partial charge on any atom is -0.493 e. The summed E-state index contributed by atoms with van der Waals surface area (Å²) in [5.74, 6) is -3.68. The lowest BCUT2D eigenvalue weighted by Crippen LogP contribution is -2.46. The number of Topliss-reactive ketones (excluding diaryl/α,β-unsaturated/α-hetero) is 1. The largest absolute Gasteiger partial charge is 0.493 e. The fraction of sp³-hybridized carbons (Fsp3) is 0.632. The Labute approximate surface area is 155 Å². The van der Waals surface area contributed by atoms with E-state index in [9.17, 15) is 4.79 Å². The highest BCUT2D eigenvalue weighted by molar-refractivity contribution is 5.83. The Morgan fingerprint density at radius 2 is 2.26 bits per heavy atom. The van der Waals surface area contributed by atoms with Crippen molar-refractivity contribution in [2.45, 2.75) is 39.1 Å². The van der Waals surface area contributed by atoms with E-state index in [-0.39, 0.29) is 12.3 Å². The molecular formula is C19H27NO3. The van der Waals surface area contributed by atoms with E-state index in [1.54, 1.807) is 13.8 Å². The molecule has 2 atom stereocenters. The number of piperidine rings is 1. The number of ketones is 1. The van der Waals surface area contributed by atoms with E-state index in [1.807, 2.05) is 0 Å². The van der Waals surface area contributed by atoms with Gasteiger partial charge in [0, 0.05) is 39.6 Å². The number of carbonyl (C=O) groups is 1. The number of nitrogens with zero attached hydrogens (tertiary/aromatic N) is 1. The molecule has 0 aromatic heterocycles. The monoisotopic (exact) mass is 329 g/mol. The van der Waals surface area contributed by atoms with Gasteiger partial charge in [0.05, 0.1) is 22.4 Å². The fourth-order valence-corrected chi connectivity index (χ4v) is 2.73. The third kappa shape index (κ3) is 3.09. The number of hydrogen-bond donors (Lipinski definition) is 0. The third-order valence-electron chi connectivity index (χ3n) is 3.81. The molecule has 1 fully saturated rings. The summed E-state index contributed by atoms with van der Waals surface area (Å²) >= 11 is 0. The van der Waals surface area contributed by atoms with Gasteiger partial charge in [-0.15, -0.1) is 0 Å². The molecule has 2 aliphatic rings. The molecule has 0 bridgehead atoms. The van der Waals surface area contributed by atoms with Crippen LogP contribution in [0.15, 0.2) is 12.1 Å². The van der Waals surface area contributed by atoms with Crippen molar-refractivity contribution < 1.29 is 30.7 Å². The maximum atomic E-state index is 13.2. The molecule has 2 unspecified atom stereocenters. The smallest absolute Gasteiger partial charge is 0.161 e. The van der Waals surface area contributed by atoms with Gasteiger partial charge in [-0.1, -0.05) is 13.8 Å². The summed E-state index contributed by atoms with van der Waals surface area (Å²) in [7, 11) is -2.09. The molecule has 0 amide bonds. The Morgan fingerprint density at radius 3 is 2.96 bits per heavy atom. The Balaban J connectivity index is 2.46. The molecule has 126 valence electrons. The third-order valence-corrected chi connectivity index (χ3v) is 3.81. The summed E-state index contributed by atoms with van der Waals surface area (Å²) in [6.07, 6.45) is -3.97. The number of fused-ring (bicyclic) bond motifs is 3. The second-order valence-corrected chi connectivity index (χ2v) is 5.94. The zero-order chi connectivity index (χ0) is 27.1. The van der Waals surface area contributed by atoms with Crippen LogP contribution in [0.1, 0.15) is 60.3 Å². The molecule has 0 saturated carbocycles. The Morgan fingerprint density at radius 1 is 1.48 bits per heavy atom. The van der Waals surface area contributed by atoms with Gasteiger partial charge in [-0.05, 0) is 41.9 Å². The van der Waals surface area contributed by atoms with E-state index in [2.05, 4.69) is 0 Å². The SMILES string of the molecule is [2H]c1c(OC)c(OC([2H])([2H])[2H])c([2H])c2c1C1([2H])CC(=O)C(CC(C)C)C([2H])([2H])N1C([2H])([2H])C2([2H])[2H]. The predicted octanol–water partition coefficient (Wildman–Crippen LogP) is 3.24. The first kappa shape index (κ1) is 7.14. The van der Waals surface area contributed by atoms with Gasteiger partial charge in [-0.25, -0.2) is 0 Å². The van der Waals surface area contributed by atoms with Crippen LogP contribution in [-0.2, 0) is 11.2 Å². The standard InChI is InChI=1S/C19H27NO3/c1-12(2)7-14-11-20-6-5-13-8-18(22-3)19(23-4)9-15(13)16(20)10-17(14)21/h8-9,12,14,16H,5-7,10-11H2,1-4H3/i3D3,5D2,6D2,8D,9D,11D2,16D. The van der Waals surface area contributed by atoms with Crippen molar-refractivity contribution in [1.82, 2.24) is 4.90 Å². The summed E-state index contributed by atoms with van der Waals surface area (Å²) in [5, 5.41) is 0. The average molecular weight is 330 g/mol. The van der Waals surface area contributed by atoms with Gasteiger partial charge in [0.25, 0.3) is 0 Å². The lowest BCUT2D eigenvalue weighted by Gasteiger charge is -2.43. The van der Waals surface area contributed by atoms with Crippen LogP contribution < -0.4 is 9.47 Å². The van der Waals surface area contributed by atoms with E-state index in [4.69, 9.17) is 25.9 Å². The summed E-state index contributed by atoms with van der Waals surface area (Å²) < 4.78 is 110. The molecular weight excluding hydrogens is 290 g/mol. The van der Waals surface area contributed by atoms with Crippen LogP contribution in [0.3, 0.4) is 0 Å². The van der Waals surface area contributed by atoms with Gasteiger partial charge >= 0.3 is 0 Å². The number of hydrogen-bond acceptors (Lipinski definition) is 4. The second kappa shape index (κ2) is 6.52. The van der Waals surface area contributed by atoms with Crippen molar-refractivity contribution in [3.05, 3.63) is 23.2 Å². The molecule has 0 N–H and O–H groups in total. The van der Waals surface area contributed by atoms with Crippen LogP contribution in [-0.4, -0.2) is 37.8 Å². The number of rotatable bonds is 4. The van der Waals surface area contributed by atoms with Crippen molar-refractivity contribution in [2.24, 2.45) is 11.8 Å². The van der Waals surface area contributed by atoms with Gasteiger partial charge in [0.2, 0.25) is 0 Å². The molecule has 0 spiro atoms. The first-order valence-electron chi connectivity index (χ1n) is 13.4. The summed E-state index contributed by atoms with van der Waals surface area (Å²) in [4.78, 5) is 13.5. The van der Waals surface area contributed by atoms with Gasteiger partial charge < -0.3 is 9.47 Å². The molecule has 2 heterocycles. The highest BCUT2D eigenvalue weighted by atomic mass is 16.5. The van der Waals surface area contributed by atoms with Gasteiger partial charge in [0.15, 0.2) is 11.5 Å². The highest BCUT2D eigenvalue weighted by Gasteiger charge is 2.38. The van der Waals surface area contributed by atoms with Crippen LogP contribution in [0.4, 0.5) is 0 Å². The Bertz CT molecular complexity index is 1050. The van der Waals surface area contributed by atoms with Crippen LogP contribution in [0.25, 0.3) is 0 Å². The van der Waals surface area contributed by atoms with E-state index in [0.717, 1.165) is 7.11 Å². The molecule has 23 heavy (non-hydrogen) atoms. The topological polar surface area (TPSA) is 38.8 Å². The number of carbonyl (C=O) groups excluding carboxylic acids is 1. The summed E-state index contributed by atoms with van der Waals surface area (Å²) in [5.41, 5.74) is -1.50.